The quantitative estimate of drug-likeness (QED) is 0.903. The second-order valence-electron chi connectivity index (χ2n) is 6.21. The van der Waals surface area contributed by atoms with Crippen molar-refractivity contribution in [2.24, 2.45) is 17.6 Å². The average Bonchev–Trinajstić information content (AvgIpc) is 3.12. The summed E-state index contributed by atoms with van der Waals surface area (Å²) in [6.07, 6.45) is 1.17. The molecular weight excluding hydrogens is 337 g/mol. The lowest BCUT2D eigenvalue weighted by Crippen LogP contribution is -2.36. The molecule has 0 saturated carbocycles. The monoisotopic (exact) mass is 355 g/mol. The van der Waals surface area contributed by atoms with Crippen molar-refractivity contribution < 1.29 is 9.59 Å². The maximum Gasteiger partial charge on any atom is 0.228 e. The predicted molar refractivity (Wildman–Crippen MR) is 90.7 cm³/mol. The fraction of sp³-hybridized carbons (Fsp3) is 0.500. The highest BCUT2D eigenvalue weighted by atomic mass is 35.5. The SMILES string of the molecule is NCC1CCN(C(=O)C2CC(=O)N(c3cc(Cl)cc(Cl)c3)C2)C1. The van der Waals surface area contributed by atoms with Crippen LogP contribution in [-0.4, -0.2) is 42.9 Å². The zero-order valence-corrected chi connectivity index (χ0v) is 14.2. The first-order chi connectivity index (χ1) is 11.0. The molecule has 3 rings (SSSR count). The minimum Gasteiger partial charge on any atom is -0.342 e. The summed E-state index contributed by atoms with van der Waals surface area (Å²) in [6.45, 7) is 2.40. The third-order valence-electron chi connectivity index (χ3n) is 4.56. The van der Waals surface area contributed by atoms with E-state index in [0.29, 0.717) is 41.3 Å². The van der Waals surface area contributed by atoms with Gasteiger partial charge in [-0.25, -0.2) is 0 Å². The van der Waals surface area contributed by atoms with Crippen LogP contribution in [0.4, 0.5) is 5.69 Å². The first-order valence-corrected chi connectivity index (χ1v) is 8.49. The van der Waals surface area contributed by atoms with E-state index in [2.05, 4.69) is 0 Å². The molecule has 2 aliphatic rings. The third-order valence-corrected chi connectivity index (χ3v) is 5.00. The Morgan fingerprint density at radius 2 is 1.91 bits per heavy atom. The Bertz CT molecular complexity index is 618. The molecule has 1 aromatic rings. The van der Waals surface area contributed by atoms with Crippen LogP contribution in [0.3, 0.4) is 0 Å². The van der Waals surface area contributed by atoms with Gasteiger partial charge in [0.05, 0.1) is 5.92 Å². The first kappa shape index (κ1) is 16.6. The van der Waals surface area contributed by atoms with Crippen molar-refractivity contribution in [1.29, 1.82) is 0 Å². The second kappa shape index (κ2) is 6.67. The maximum atomic E-state index is 12.6. The van der Waals surface area contributed by atoms with Crippen molar-refractivity contribution in [3.63, 3.8) is 0 Å². The van der Waals surface area contributed by atoms with E-state index in [-0.39, 0.29) is 24.2 Å². The summed E-state index contributed by atoms with van der Waals surface area (Å²) >= 11 is 12.0. The molecule has 2 atom stereocenters. The van der Waals surface area contributed by atoms with Crippen LogP contribution in [0.15, 0.2) is 18.2 Å². The van der Waals surface area contributed by atoms with Gasteiger partial charge in [0.1, 0.15) is 0 Å². The number of nitrogens with two attached hydrogens (primary N) is 1. The predicted octanol–water partition coefficient (Wildman–Crippen LogP) is 2.15. The minimum absolute atomic E-state index is 0.0462. The van der Waals surface area contributed by atoms with Gasteiger partial charge in [-0.2, -0.15) is 0 Å². The van der Waals surface area contributed by atoms with Crippen LogP contribution in [0, 0.1) is 11.8 Å². The molecule has 2 aliphatic heterocycles. The number of nitrogens with zero attached hydrogens (tertiary/aromatic N) is 2. The van der Waals surface area contributed by atoms with Gasteiger partial charge in [-0.05, 0) is 37.1 Å². The van der Waals surface area contributed by atoms with Gasteiger partial charge in [0.25, 0.3) is 0 Å². The summed E-state index contributed by atoms with van der Waals surface area (Å²) in [6, 6.07) is 5.00. The molecule has 7 heteroatoms. The Hall–Kier alpha value is -1.30. The van der Waals surface area contributed by atoms with E-state index < -0.39 is 0 Å². The number of anilines is 1. The molecule has 0 spiro atoms. The van der Waals surface area contributed by atoms with Gasteiger partial charge in [0.15, 0.2) is 0 Å². The van der Waals surface area contributed by atoms with Crippen LogP contribution in [0.5, 0.6) is 0 Å². The second-order valence-corrected chi connectivity index (χ2v) is 7.08. The van der Waals surface area contributed by atoms with Gasteiger partial charge in [-0.1, -0.05) is 23.2 Å². The lowest BCUT2D eigenvalue weighted by atomic mass is 10.1. The summed E-state index contributed by atoms with van der Waals surface area (Å²) in [5.41, 5.74) is 6.32. The largest absolute Gasteiger partial charge is 0.342 e. The number of likely N-dealkylation sites (tertiary alicyclic amines) is 1. The van der Waals surface area contributed by atoms with Crippen molar-refractivity contribution in [1.82, 2.24) is 4.90 Å². The van der Waals surface area contributed by atoms with Crippen molar-refractivity contribution in [2.45, 2.75) is 12.8 Å². The van der Waals surface area contributed by atoms with Crippen molar-refractivity contribution in [3.05, 3.63) is 28.2 Å². The van der Waals surface area contributed by atoms with E-state index in [1.54, 1.807) is 23.1 Å². The molecule has 2 amide bonds. The number of halogens is 2. The molecule has 2 fully saturated rings. The summed E-state index contributed by atoms with van der Waals surface area (Å²) in [5, 5.41) is 0.945. The molecule has 23 heavy (non-hydrogen) atoms. The van der Waals surface area contributed by atoms with Crippen molar-refractivity contribution in [2.75, 3.05) is 31.1 Å². The molecule has 0 aromatic heterocycles. The number of amides is 2. The van der Waals surface area contributed by atoms with Crippen LogP contribution in [0.25, 0.3) is 0 Å². The molecule has 2 N–H and O–H groups in total. The zero-order chi connectivity index (χ0) is 16.6. The minimum atomic E-state index is -0.309. The first-order valence-electron chi connectivity index (χ1n) is 7.73. The number of rotatable bonds is 3. The topological polar surface area (TPSA) is 66.6 Å². The Morgan fingerprint density at radius 3 is 2.52 bits per heavy atom. The summed E-state index contributed by atoms with van der Waals surface area (Å²) in [7, 11) is 0. The van der Waals surface area contributed by atoms with Crippen LogP contribution < -0.4 is 10.6 Å². The third kappa shape index (κ3) is 3.47. The molecule has 0 radical (unpaired) electrons. The number of benzene rings is 1. The van der Waals surface area contributed by atoms with Gasteiger partial charge in [-0.15, -0.1) is 0 Å². The highest BCUT2D eigenvalue weighted by molar-refractivity contribution is 6.35. The highest BCUT2D eigenvalue weighted by Crippen LogP contribution is 2.31. The van der Waals surface area contributed by atoms with E-state index in [1.165, 1.54) is 0 Å². The van der Waals surface area contributed by atoms with Gasteiger partial charge >= 0.3 is 0 Å². The molecule has 1 aromatic carbocycles. The Morgan fingerprint density at radius 1 is 1.22 bits per heavy atom. The Kier molecular flexibility index (Phi) is 4.80. The summed E-state index contributed by atoms with van der Waals surface area (Å²) < 4.78 is 0. The molecule has 0 bridgehead atoms. The molecular formula is C16H19Cl2N3O2. The summed E-state index contributed by atoms with van der Waals surface area (Å²) in [5.74, 6) is 0.0388. The van der Waals surface area contributed by atoms with Crippen LogP contribution in [-0.2, 0) is 9.59 Å². The molecule has 2 heterocycles. The maximum absolute atomic E-state index is 12.6. The Labute approximate surface area is 145 Å². The number of hydrogen-bond donors (Lipinski definition) is 1. The normalized spacial score (nSPS) is 24.6. The fourth-order valence-electron chi connectivity index (χ4n) is 3.30. The molecule has 5 nitrogen and oxygen atoms in total. The van der Waals surface area contributed by atoms with E-state index in [4.69, 9.17) is 28.9 Å². The standard InChI is InChI=1S/C16H19Cl2N3O2/c17-12-4-13(18)6-14(5-12)21-9-11(3-15(21)22)16(23)20-2-1-10(7-19)8-20/h4-6,10-11H,1-3,7-9,19H2. The molecule has 2 unspecified atom stereocenters. The molecule has 2 saturated heterocycles. The van der Waals surface area contributed by atoms with Crippen LogP contribution in [0.1, 0.15) is 12.8 Å². The number of hydrogen-bond acceptors (Lipinski definition) is 3. The van der Waals surface area contributed by atoms with Crippen LogP contribution in [0.2, 0.25) is 10.0 Å². The van der Waals surface area contributed by atoms with E-state index in [0.717, 1.165) is 13.0 Å². The molecule has 124 valence electrons. The van der Waals surface area contributed by atoms with Crippen LogP contribution >= 0.6 is 23.2 Å². The Balaban J connectivity index is 1.71. The van der Waals surface area contributed by atoms with Crippen molar-refractivity contribution >= 4 is 40.7 Å². The van der Waals surface area contributed by atoms with E-state index in [9.17, 15) is 9.59 Å². The zero-order valence-electron chi connectivity index (χ0n) is 12.7. The lowest BCUT2D eigenvalue weighted by Gasteiger charge is -2.21. The van der Waals surface area contributed by atoms with Gasteiger partial charge < -0.3 is 15.5 Å². The number of carbonyl (C=O) groups excluding carboxylic acids is 2. The van der Waals surface area contributed by atoms with Gasteiger partial charge in [0.2, 0.25) is 11.8 Å². The van der Waals surface area contributed by atoms with Gasteiger partial charge in [-0.3, -0.25) is 9.59 Å². The summed E-state index contributed by atoms with van der Waals surface area (Å²) in [4.78, 5) is 28.3. The van der Waals surface area contributed by atoms with E-state index >= 15 is 0 Å². The lowest BCUT2D eigenvalue weighted by molar-refractivity contribution is -0.134. The van der Waals surface area contributed by atoms with Crippen molar-refractivity contribution in [3.8, 4) is 0 Å². The number of carbonyl (C=O) groups is 2. The molecule has 0 aliphatic carbocycles. The van der Waals surface area contributed by atoms with E-state index in [1.807, 2.05) is 4.90 Å². The van der Waals surface area contributed by atoms with Gasteiger partial charge in [0, 0.05) is 41.8 Å². The average molecular weight is 356 g/mol. The fourth-order valence-corrected chi connectivity index (χ4v) is 3.82. The highest BCUT2D eigenvalue weighted by Gasteiger charge is 2.39. The smallest absolute Gasteiger partial charge is 0.228 e.